The normalized spacial score (nSPS) is 12.9. The van der Waals surface area contributed by atoms with E-state index >= 15 is 0 Å². The quantitative estimate of drug-likeness (QED) is 0.442. The topological polar surface area (TPSA) is 26.3 Å². The molecule has 1 rings (SSSR count). The van der Waals surface area contributed by atoms with Gasteiger partial charge in [0.25, 0.3) is 0 Å². The van der Waals surface area contributed by atoms with Crippen molar-refractivity contribution >= 4 is 5.97 Å². The van der Waals surface area contributed by atoms with E-state index in [1.54, 1.807) is 18.2 Å². The molecule has 22 heavy (non-hydrogen) atoms. The molecule has 0 heterocycles. The third-order valence-corrected chi connectivity index (χ3v) is 3.44. The first-order chi connectivity index (χ1) is 10.4. The van der Waals surface area contributed by atoms with Gasteiger partial charge in [-0.2, -0.15) is 13.2 Å². The molecule has 0 fully saturated rings. The molecule has 0 amide bonds. The minimum Gasteiger partial charge on any atom is -0.449 e. The number of hydrogen-bond acceptors (Lipinski definition) is 2. The molecule has 124 valence electrons. The molecule has 0 radical (unpaired) electrons. The van der Waals surface area contributed by atoms with Crippen LogP contribution >= 0.6 is 0 Å². The van der Waals surface area contributed by atoms with Crippen molar-refractivity contribution in [2.75, 3.05) is 0 Å². The van der Waals surface area contributed by atoms with Crippen molar-refractivity contribution in [3.05, 3.63) is 35.9 Å². The Kier molecular flexibility index (Phi) is 7.99. The van der Waals surface area contributed by atoms with Gasteiger partial charge in [-0.05, 0) is 25.0 Å². The molecule has 0 aliphatic carbocycles. The number of rotatable bonds is 9. The van der Waals surface area contributed by atoms with Gasteiger partial charge >= 0.3 is 12.1 Å². The first-order valence-corrected chi connectivity index (χ1v) is 7.78. The van der Waals surface area contributed by atoms with E-state index in [-0.39, 0.29) is 12.0 Å². The van der Waals surface area contributed by atoms with Crippen LogP contribution in [-0.2, 0) is 4.74 Å². The average Bonchev–Trinajstić information content (AvgIpc) is 2.49. The second-order valence-corrected chi connectivity index (χ2v) is 5.36. The molecule has 1 aromatic carbocycles. The van der Waals surface area contributed by atoms with Crippen LogP contribution in [0.4, 0.5) is 13.2 Å². The van der Waals surface area contributed by atoms with E-state index in [4.69, 9.17) is 0 Å². The minimum atomic E-state index is -4.52. The van der Waals surface area contributed by atoms with E-state index in [9.17, 15) is 18.0 Å². The minimum absolute atomic E-state index is 0.139. The lowest BCUT2D eigenvalue weighted by Gasteiger charge is -2.20. The summed E-state index contributed by atoms with van der Waals surface area (Å²) >= 11 is 0. The Morgan fingerprint density at radius 2 is 1.64 bits per heavy atom. The molecule has 1 unspecified atom stereocenters. The van der Waals surface area contributed by atoms with Crippen LogP contribution in [0.3, 0.4) is 0 Å². The van der Waals surface area contributed by atoms with Crippen LogP contribution in [0.25, 0.3) is 0 Å². The third kappa shape index (κ3) is 6.96. The summed E-state index contributed by atoms with van der Waals surface area (Å²) in [7, 11) is 0. The number of carbonyl (C=O) groups excluding carboxylic acids is 1. The Bertz CT molecular complexity index is 429. The molecule has 2 nitrogen and oxygen atoms in total. The molecule has 0 bridgehead atoms. The number of esters is 1. The van der Waals surface area contributed by atoms with Gasteiger partial charge in [0.2, 0.25) is 0 Å². The van der Waals surface area contributed by atoms with Crippen LogP contribution in [0.1, 0.15) is 62.2 Å². The number of ether oxygens (including phenoxy) is 1. The summed E-state index contributed by atoms with van der Waals surface area (Å²) < 4.78 is 43.5. The molecular formula is C17H23F3O2. The van der Waals surface area contributed by atoms with E-state index in [0.717, 1.165) is 32.1 Å². The molecule has 1 atom stereocenters. The van der Waals surface area contributed by atoms with Crippen LogP contribution in [0.15, 0.2) is 30.3 Å². The molecule has 0 aliphatic rings. The highest BCUT2D eigenvalue weighted by Gasteiger charge is 2.42. The standard InChI is InChI=1S/C17H23F3O2/c1-2-3-4-5-6-10-13-15(17(18,19)20)22-16(21)14-11-8-7-9-12-14/h7-9,11-12,15H,2-6,10,13H2,1H3. The Hall–Kier alpha value is -1.52. The van der Waals surface area contributed by atoms with Gasteiger partial charge in [-0.3, -0.25) is 0 Å². The highest BCUT2D eigenvalue weighted by Crippen LogP contribution is 2.28. The smallest absolute Gasteiger partial charge is 0.425 e. The van der Waals surface area contributed by atoms with Gasteiger partial charge in [-0.1, -0.05) is 57.2 Å². The lowest BCUT2D eigenvalue weighted by atomic mass is 10.1. The van der Waals surface area contributed by atoms with Crippen molar-refractivity contribution < 1.29 is 22.7 Å². The lowest BCUT2D eigenvalue weighted by molar-refractivity contribution is -0.206. The molecule has 0 aliphatic heterocycles. The first-order valence-electron chi connectivity index (χ1n) is 7.78. The second kappa shape index (κ2) is 9.49. The Labute approximate surface area is 129 Å². The highest BCUT2D eigenvalue weighted by molar-refractivity contribution is 5.89. The summed E-state index contributed by atoms with van der Waals surface area (Å²) in [6, 6.07) is 7.76. The molecule has 0 N–H and O–H groups in total. The zero-order chi connectivity index (χ0) is 16.4. The summed E-state index contributed by atoms with van der Waals surface area (Å²) in [6.07, 6.45) is -1.41. The van der Waals surface area contributed by atoms with Crippen LogP contribution in [-0.4, -0.2) is 18.2 Å². The summed E-state index contributed by atoms with van der Waals surface area (Å²) in [5.41, 5.74) is 0.139. The predicted molar refractivity (Wildman–Crippen MR) is 79.7 cm³/mol. The summed E-state index contributed by atoms with van der Waals surface area (Å²) in [5.74, 6) is -0.922. The summed E-state index contributed by atoms with van der Waals surface area (Å²) in [6.45, 7) is 2.09. The lowest BCUT2D eigenvalue weighted by Crippen LogP contribution is -2.33. The molecule has 0 spiro atoms. The van der Waals surface area contributed by atoms with E-state index < -0.39 is 18.2 Å². The maximum atomic E-state index is 12.9. The van der Waals surface area contributed by atoms with E-state index in [1.165, 1.54) is 12.1 Å². The summed E-state index contributed by atoms with van der Waals surface area (Å²) in [5, 5.41) is 0. The van der Waals surface area contributed by atoms with Gasteiger partial charge < -0.3 is 4.74 Å². The summed E-state index contributed by atoms with van der Waals surface area (Å²) in [4.78, 5) is 11.8. The zero-order valence-electron chi connectivity index (χ0n) is 12.9. The van der Waals surface area contributed by atoms with E-state index in [1.807, 2.05) is 0 Å². The number of benzene rings is 1. The van der Waals surface area contributed by atoms with E-state index in [2.05, 4.69) is 11.7 Å². The van der Waals surface area contributed by atoms with Crippen molar-refractivity contribution in [1.82, 2.24) is 0 Å². The highest BCUT2D eigenvalue weighted by atomic mass is 19.4. The molecular weight excluding hydrogens is 293 g/mol. The van der Waals surface area contributed by atoms with Crippen LogP contribution in [0, 0.1) is 0 Å². The predicted octanol–water partition coefficient (Wildman–Crippen LogP) is 5.52. The molecule has 0 saturated carbocycles. The van der Waals surface area contributed by atoms with Crippen LogP contribution < -0.4 is 0 Å². The van der Waals surface area contributed by atoms with Gasteiger partial charge in [0.05, 0.1) is 5.56 Å². The van der Waals surface area contributed by atoms with Crippen molar-refractivity contribution in [1.29, 1.82) is 0 Å². The van der Waals surface area contributed by atoms with Crippen LogP contribution in [0.5, 0.6) is 0 Å². The van der Waals surface area contributed by atoms with Gasteiger partial charge in [-0.25, -0.2) is 4.79 Å². The number of carbonyl (C=O) groups is 1. The Morgan fingerprint density at radius 3 is 2.23 bits per heavy atom. The largest absolute Gasteiger partial charge is 0.449 e. The van der Waals surface area contributed by atoms with Gasteiger partial charge in [0, 0.05) is 0 Å². The molecule has 1 aromatic rings. The SMILES string of the molecule is CCCCCCCCC(OC(=O)c1ccccc1)C(F)(F)F. The number of alkyl halides is 3. The van der Waals surface area contributed by atoms with Gasteiger partial charge in [0.1, 0.15) is 0 Å². The Morgan fingerprint density at radius 1 is 1.05 bits per heavy atom. The van der Waals surface area contributed by atoms with Crippen molar-refractivity contribution in [2.24, 2.45) is 0 Å². The van der Waals surface area contributed by atoms with Crippen LogP contribution in [0.2, 0.25) is 0 Å². The zero-order valence-corrected chi connectivity index (χ0v) is 12.9. The maximum absolute atomic E-state index is 12.9. The number of unbranched alkanes of at least 4 members (excludes halogenated alkanes) is 5. The van der Waals surface area contributed by atoms with E-state index in [0.29, 0.717) is 6.42 Å². The van der Waals surface area contributed by atoms with Gasteiger partial charge in [0.15, 0.2) is 6.10 Å². The number of hydrogen-bond donors (Lipinski definition) is 0. The number of halogens is 3. The average molecular weight is 316 g/mol. The fourth-order valence-corrected chi connectivity index (χ4v) is 2.17. The van der Waals surface area contributed by atoms with Gasteiger partial charge in [-0.15, -0.1) is 0 Å². The maximum Gasteiger partial charge on any atom is 0.425 e. The third-order valence-electron chi connectivity index (χ3n) is 3.44. The second-order valence-electron chi connectivity index (χ2n) is 5.36. The molecule has 0 aromatic heterocycles. The fraction of sp³-hybridized carbons (Fsp3) is 0.588. The Balaban J connectivity index is 2.46. The molecule has 5 heteroatoms. The first kappa shape index (κ1) is 18.5. The molecule has 0 saturated heterocycles. The fourth-order valence-electron chi connectivity index (χ4n) is 2.17. The van der Waals surface area contributed by atoms with Crippen molar-refractivity contribution in [3.63, 3.8) is 0 Å². The van der Waals surface area contributed by atoms with Crippen molar-refractivity contribution in [2.45, 2.75) is 64.1 Å². The monoisotopic (exact) mass is 316 g/mol. The van der Waals surface area contributed by atoms with Crippen molar-refractivity contribution in [3.8, 4) is 0 Å².